The Morgan fingerprint density at radius 3 is 1.68 bits per heavy atom. The molecule has 0 unspecified atom stereocenters. The molecule has 2 amide bonds. The Morgan fingerprint density at radius 1 is 0.857 bits per heavy atom. The number of carboxylic acids is 2. The molecule has 2 aliphatic heterocycles. The molecule has 1 aromatic rings. The summed E-state index contributed by atoms with van der Waals surface area (Å²) in [5, 5.41) is 18.4. The van der Waals surface area contributed by atoms with Gasteiger partial charge in [0.1, 0.15) is 12.1 Å². The number of amides is 2. The van der Waals surface area contributed by atoms with E-state index < -0.39 is 24.0 Å². The number of carbonyl (C=O) groups excluding carboxylic acids is 2. The van der Waals surface area contributed by atoms with Crippen molar-refractivity contribution in [2.24, 2.45) is 0 Å². The van der Waals surface area contributed by atoms with E-state index in [-0.39, 0.29) is 24.7 Å². The Labute approximate surface area is 162 Å². The van der Waals surface area contributed by atoms with Gasteiger partial charge in [0, 0.05) is 13.1 Å². The summed E-state index contributed by atoms with van der Waals surface area (Å²) in [6.07, 6.45) is 2.14. The lowest BCUT2D eigenvalue weighted by Gasteiger charge is -2.22. The highest BCUT2D eigenvalue weighted by Crippen LogP contribution is 2.20. The summed E-state index contributed by atoms with van der Waals surface area (Å²) in [5.41, 5.74) is 0.921. The molecule has 0 radical (unpaired) electrons. The molecule has 0 aromatic carbocycles. The first-order chi connectivity index (χ1) is 13.4. The summed E-state index contributed by atoms with van der Waals surface area (Å²) in [7, 11) is 0. The largest absolute Gasteiger partial charge is 0.480 e. The lowest BCUT2D eigenvalue weighted by Crippen LogP contribution is -2.41. The zero-order valence-corrected chi connectivity index (χ0v) is 15.4. The highest BCUT2D eigenvalue weighted by Gasteiger charge is 2.35. The second-order valence-electron chi connectivity index (χ2n) is 7.14. The smallest absolute Gasteiger partial charge is 0.326 e. The Balaban J connectivity index is 1.64. The number of carbonyl (C=O) groups is 4. The molecule has 9 heteroatoms. The number of hydrogen-bond donors (Lipinski definition) is 2. The molecule has 0 aliphatic carbocycles. The number of likely N-dealkylation sites (tertiary alicyclic amines) is 2. The van der Waals surface area contributed by atoms with Crippen LogP contribution in [0.5, 0.6) is 0 Å². The highest BCUT2D eigenvalue weighted by molar-refractivity contribution is 5.86. The molecular formula is C19H23N3O6. The summed E-state index contributed by atoms with van der Waals surface area (Å²) in [5.74, 6) is -2.61. The lowest BCUT2D eigenvalue weighted by atomic mass is 10.1. The van der Waals surface area contributed by atoms with Crippen molar-refractivity contribution in [1.29, 1.82) is 0 Å². The van der Waals surface area contributed by atoms with E-state index in [4.69, 9.17) is 0 Å². The van der Waals surface area contributed by atoms with Crippen LogP contribution in [0.4, 0.5) is 0 Å². The van der Waals surface area contributed by atoms with Gasteiger partial charge >= 0.3 is 11.9 Å². The van der Waals surface area contributed by atoms with E-state index >= 15 is 0 Å². The van der Waals surface area contributed by atoms with Gasteiger partial charge in [-0.1, -0.05) is 6.07 Å². The molecule has 1 aromatic heterocycles. The first-order valence-electron chi connectivity index (χ1n) is 9.36. The molecule has 3 heterocycles. The predicted octanol–water partition coefficient (Wildman–Crippen LogP) is 0.318. The third-order valence-electron chi connectivity index (χ3n) is 5.25. The van der Waals surface area contributed by atoms with E-state index in [9.17, 15) is 29.4 Å². The van der Waals surface area contributed by atoms with E-state index in [0.717, 1.165) is 0 Å². The number of carboxylic acid groups (broad SMARTS) is 2. The van der Waals surface area contributed by atoms with Crippen molar-refractivity contribution >= 4 is 23.8 Å². The second kappa shape index (κ2) is 8.37. The van der Waals surface area contributed by atoms with Crippen LogP contribution in [0.1, 0.15) is 37.1 Å². The fourth-order valence-electron chi connectivity index (χ4n) is 3.88. The number of pyridine rings is 1. The Bertz CT molecular complexity index is 734. The Kier molecular flexibility index (Phi) is 5.91. The molecule has 3 rings (SSSR count). The van der Waals surface area contributed by atoms with Crippen LogP contribution in [0.25, 0.3) is 0 Å². The molecule has 2 N–H and O–H groups in total. The highest BCUT2D eigenvalue weighted by atomic mass is 16.4. The van der Waals surface area contributed by atoms with Crippen molar-refractivity contribution in [2.75, 3.05) is 13.1 Å². The average Bonchev–Trinajstić information content (AvgIpc) is 3.31. The summed E-state index contributed by atoms with van der Waals surface area (Å²) in [6, 6.07) is 3.43. The minimum absolute atomic E-state index is 0.0344. The van der Waals surface area contributed by atoms with E-state index in [0.29, 0.717) is 50.2 Å². The van der Waals surface area contributed by atoms with Crippen molar-refractivity contribution in [1.82, 2.24) is 14.8 Å². The van der Waals surface area contributed by atoms with Crippen molar-refractivity contribution in [2.45, 2.75) is 50.6 Å². The van der Waals surface area contributed by atoms with Crippen LogP contribution in [-0.4, -0.2) is 73.9 Å². The minimum Gasteiger partial charge on any atom is -0.480 e. The predicted molar refractivity (Wildman–Crippen MR) is 96.4 cm³/mol. The standard InChI is InChI=1S/C19H23N3O6/c23-16(21-8-2-6-14(21)18(25)26)10-12-4-1-5-13(20-12)11-17(24)22-9-3-7-15(22)19(27)28/h1,4-5,14-15H,2-3,6-11H2,(H,25,26)(H,27,28)/t14-,15-/m1/s1. The van der Waals surface area contributed by atoms with Gasteiger partial charge in [-0.15, -0.1) is 0 Å². The molecule has 150 valence electrons. The van der Waals surface area contributed by atoms with Crippen LogP contribution >= 0.6 is 0 Å². The van der Waals surface area contributed by atoms with Gasteiger partial charge in [0.05, 0.1) is 24.2 Å². The summed E-state index contributed by atoms with van der Waals surface area (Å²) < 4.78 is 0. The zero-order valence-electron chi connectivity index (χ0n) is 15.4. The van der Waals surface area contributed by atoms with E-state index in [1.807, 2.05) is 0 Å². The first-order valence-corrected chi connectivity index (χ1v) is 9.36. The molecular weight excluding hydrogens is 366 g/mol. The molecule has 2 atom stereocenters. The monoisotopic (exact) mass is 389 g/mol. The van der Waals surface area contributed by atoms with Crippen LogP contribution in [-0.2, 0) is 32.0 Å². The van der Waals surface area contributed by atoms with Gasteiger partial charge in [-0.3, -0.25) is 14.6 Å². The quantitative estimate of drug-likeness (QED) is 0.717. The van der Waals surface area contributed by atoms with E-state index in [1.54, 1.807) is 18.2 Å². The zero-order chi connectivity index (χ0) is 20.3. The van der Waals surface area contributed by atoms with Gasteiger partial charge in [0.15, 0.2) is 0 Å². The molecule has 0 saturated carbocycles. The number of aliphatic carboxylic acids is 2. The maximum Gasteiger partial charge on any atom is 0.326 e. The van der Waals surface area contributed by atoms with Crippen molar-refractivity contribution in [3.05, 3.63) is 29.6 Å². The van der Waals surface area contributed by atoms with E-state index in [1.165, 1.54) is 9.80 Å². The van der Waals surface area contributed by atoms with Crippen LogP contribution in [0.15, 0.2) is 18.2 Å². The molecule has 0 bridgehead atoms. The normalized spacial score (nSPS) is 21.7. The number of rotatable bonds is 6. The molecule has 28 heavy (non-hydrogen) atoms. The van der Waals surface area contributed by atoms with Crippen LogP contribution in [0.2, 0.25) is 0 Å². The fraction of sp³-hybridized carbons (Fsp3) is 0.526. The molecule has 9 nitrogen and oxygen atoms in total. The van der Waals surface area contributed by atoms with Gasteiger partial charge in [-0.2, -0.15) is 0 Å². The van der Waals surface area contributed by atoms with Gasteiger partial charge in [0.2, 0.25) is 11.8 Å². The van der Waals surface area contributed by atoms with Crippen molar-refractivity contribution in [3.8, 4) is 0 Å². The minimum atomic E-state index is -1.00. The van der Waals surface area contributed by atoms with Gasteiger partial charge in [-0.05, 0) is 37.8 Å². The topological polar surface area (TPSA) is 128 Å². The maximum absolute atomic E-state index is 12.5. The Morgan fingerprint density at radius 2 is 1.29 bits per heavy atom. The maximum atomic E-state index is 12.5. The van der Waals surface area contributed by atoms with Crippen LogP contribution in [0.3, 0.4) is 0 Å². The molecule has 2 fully saturated rings. The van der Waals surface area contributed by atoms with E-state index in [2.05, 4.69) is 4.98 Å². The molecule has 2 aliphatic rings. The van der Waals surface area contributed by atoms with Crippen molar-refractivity contribution < 1.29 is 29.4 Å². The third-order valence-corrected chi connectivity index (χ3v) is 5.25. The van der Waals surface area contributed by atoms with Gasteiger partial charge < -0.3 is 20.0 Å². The van der Waals surface area contributed by atoms with Crippen LogP contribution < -0.4 is 0 Å². The molecule has 2 saturated heterocycles. The SMILES string of the molecule is O=C(O)[C@H]1CCCN1C(=O)Cc1cccc(CC(=O)N2CCC[C@@H]2C(=O)O)n1. The summed E-state index contributed by atoms with van der Waals surface area (Å²) in [6.45, 7) is 0.832. The van der Waals surface area contributed by atoms with Crippen molar-refractivity contribution in [3.63, 3.8) is 0 Å². The summed E-state index contributed by atoms with van der Waals surface area (Å²) in [4.78, 5) is 54.5. The average molecular weight is 389 g/mol. The fourth-order valence-corrected chi connectivity index (χ4v) is 3.88. The lowest BCUT2D eigenvalue weighted by molar-refractivity contribution is -0.148. The number of hydrogen-bond acceptors (Lipinski definition) is 5. The Hall–Kier alpha value is -2.97. The van der Waals surface area contributed by atoms with Gasteiger partial charge in [0.25, 0.3) is 0 Å². The number of aromatic nitrogens is 1. The first kappa shape index (κ1) is 19.8. The molecule has 0 spiro atoms. The van der Waals surface area contributed by atoms with Crippen LogP contribution in [0, 0.1) is 0 Å². The van der Waals surface area contributed by atoms with Gasteiger partial charge in [-0.25, -0.2) is 9.59 Å². The second-order valence-corrected chi connectivity index (χ2v) is 7.14. The number of nitrogens with zero attached hydrogens (tertiary/aromatic N) is 3. The third kappa shape index (κ3) is 4.29. The summed E-state index contributed by atoms with van der Waals surface area (Å²) >= 11 is 0.